The van der Waals surface area contributed by atoms with E-state index in [1.165, 1.54) is 0 Å². The van der Waals surface area contributed by atoms with Gasteiger partial charge in [-0.25, -0.2) is 0 Å². The Morgan fingerprint density at radius 1 is 1.44 bits per heavy atom. The largest absolute Gasteiger partial charge is 0.481 e. The Labute approximate surface area is 106 Å². The first-order valence-corrected chi connectivity index (χ1v) is 5.74. The minimum Gasteiger partial charge on any atom is -0.481 e. The second-order valence-electron chi connectivity index (χ2n) is 3.73. The maximum atomic E-state index is 10.3. The third kappa shape index (κ3) is 5.32. The molecular weight excluding hydrogens is 232 g/mol. The number of ether oxygens (including phenoxy) is 1. The highest BCUT2D eigenvalue weighted by Gasteiger charge is 2.02. The average Bonchev–Trinajstić information content (AvgIpc) is 2.36. The van der Waals surface area contributed by atoms with Gasteiger partial charge in [-0.05, 0) is 19.0 Å². The van der Waals surface area contributed by atoms with Gasteiger partial charge in [0.1, 0.15) is 11.8 Å². The molecule has 1 rings (SSSR count). The Balaban J connectivity index is 2.37. The molecule has 0 spiro atoms. The van der Waals surface area contributed by atoms with Gasteiger partial charge >= 0.3 is 5.97 Å². The lowest BCUT2D eigenvalue weighted by Crippen LogP contribution is -2.16. The van der Waals surface area contributed by atoms with E-state index in [4.69, 9.17) is 15.1 Å². The van der Waals surface area contributed by atoms with Crippen LogP contribution in [-0.2, 0) is 11.3 Å². The lowest BCUT2D eigenvalue weighted by molar-refractivity contribution is -0.137. The number of para-hydroxylation sites is 1. The van der Waals surface area contributed by atoms with Crippen LogP contribution >= 0.6 is 0 Å². The van der Waals surface area contributed by atoms with Gasteiger partial charge in [0.2, 0.25) is 0 Å². The molecule has 0 unspecified atom stereocenters. The molecule has 0 radical (unpaired) electrons. The molecule has 0 saturated heterocycles. The number of nitrogens with one attached hydrogen (secondary N) is 1. The fraction of sp³-hybridized carbons (Fsp3) is 0.385. The number of nitrogens with zero attached hydrogens (tertiary/aromatic N) is 1. The van der Waals surface area contributed by atoms with Crippen LogP contribution in [-0.4, -0.2) is 24.2 Å². The topological polar surface area (TPSA) is 82.3 Å². The minimum absolute atomic E-state index is 0.0238. The van der Waals surface area contributed by atoms with E-state index in [0.717, 1.165) is 5.56 Å². The van der Waals surface area contributed by atoms with Crippen LogP contribution in [0.25, 0.3) is 0 Å². The maximum absolute atomic E-state index is 10.3. The van der Waals surface area contributed by atoms with E-state index in [1.807, 2.05) is 30.3 Å². The molecule has 0 atom stereocenters. The number of hydrogen-bond donors (Lipinski definition) is 2. The van der Waals surface area contributed by atoms with Gasteiger partial charge in [0.15, 0.2) is 6.61 Å². The van der Waals surface area contributed by atoms with Crippen LogP contribution in [0.3, 0.4) is 0 Å². The van der Waals surface area contributed by atoms with Gasteiger partial charge in [0.05, 0.1) is 0 Å². The van der Waals surface area contributed by atoms with Crippen molar-refractivity contribution in [1.29, 1.82) is 5.26 Å². The predicted octanol–water partition coefficient (Wildman–Crippen LogP) is 1.54. The van der Waals surface area contributed by atoms with Crippen molar-refractivity contribution in [3.63, 3.8) is 0 Å². The first-order chi connectivity index (χ1) is 8.74. The molecule has 0 aliphatic rings. The molecule has 2 N–H and O–H groups in total. The highest BCUT2D eigenvalue weighted by molar-refractivity contribution is 5.66. The Kier molecular flexibility index (Phi) is 6.30. The van der Waals surface area contributed by atoms with E-state index in [-0.39, 0.29) is 13.0 Å². The number of aliphatic carboxylic acids is 1. The minimum atomic E-state index is -0.783. The van der Waals surface area contributed by atoms with Crippen molar-refractivity contribution in [3.8, 4) is 11.8 Å². The number of carboxylic acids is 1. The monoisotopic (exact) mass is 248 g/mol. The summed E-state index contributed by atoms with van der Waals surface area (Å²) in [6, 6.07) is 9.39. The summed E-state index contributed by atoms with van der Waals surface area (Å²) in [6.07, 6.45) is 0.760. The van der Waals surface area contributed by atoms with Gasteiger partial charge in [-0.1, -0.05) is 18.2 Å². The van der Waals surface area contributed by atoms with Crippen LogP contribution < -0.4 is 10.1 Å². The third-order valence-corrected chi connectivity index (χ3v) is 2.32. The standard InChI is InChI=1S/C13H16N2O3/c14-7-9-18-12-5-2-1-4-11(12)10-15-8-3-6-13(16)17/h1-2,4-5,15H,3,6,8-10H2,(H,16,17). The summed E-state index contributed by atoms with van der Waals surface area (Å²) in [7, 11) is 0. The van der Waals surface area contributed by atoms with Crippen LogP contribution in [0.15, 0.2) is 24.3 Å². The van der Waals surface area contributed by atoms with E-state index in [9.17, 15) is 4.79 Å². The highest BCUT2D eigenvalue weighted by atomic mass is 16.5. The zero-order valence-electron chi connectivity index (χ0n) is 10.1. The van der Waals surface area contributed by atoms with Crippen molar-refractivity contribution in [2.24, 2.45) is 0 Å². The first kappa shape index (κ1) is 14.0. The van der Waals surface area contributed by atoms with E-state index >= 15 is 0 Å². The summed E-state index contributed by atoms with van der Waals surface area (Å²) in [5, 5.41) is 20.1. The second-order valence-corrected chi connectivity index (χ2v) is 3.73. The number of carboxylic acid groups (broad SMARTS) is 1. The molecule has 96 valence electrons. The van der Waals surface area contributed by atoms with Crippen molar-refractivity contribution in [1.82, 2.24) is 5.32 Å². The van der Waals surface area contributed by atoms with Crippen LogP contribution in [0.4, 0.5) is 0 Å². The Morgan fingerprint density at radius 3 is 2.94 bits per heavy atom. The summed E-state index contributed by atoms with van der Waals surface area (Å²) in [5.74, 6) is -0.0978. The predicted molar refractivity (Wildman–Crippen MR) is 66.1 cm³/mol. The molecule has 0 heterocycles. The Hall–Kier alpha value is -2.06. The third-order valence-electron chi connectivity index (χ3n) is 2.32. The Morgan fingerprint density at radius 2 is 2.22 bits per heavy atom. The lowest BCUT2D eigenvalue weighted by atomic mass is 10.2. The van der Waals surface area contributed by atoms with Gasteiger partial charge in [-0.15, -0.1) is 0 Å². The highest BCUT2D eigenvalue weighted by Crippen LogP contribution is 2.17. The number of nitriles is 1. The molecule has 0 aromatic heterocycles. The molecule has 0 aliphatic carbocycles. The zero-order valence-corrected chi connectivity index (χ0v) is 10.1. The molecule has 0 amide bonds. The summed E-state index contributed by atoms with van der Waals surface area (Å²) >= 11 is 0. The van der Waals surface area contributed by atoms with Crippen LogP contribution in [0.2, 0.25) is 0 Å². The van der Waals surface area contributed by atoms with Crippen LogP contribution in [0.5, 0.6) is 5.75 Å². The average molecular weight is 248 g/mol. The van der Waals surface area contributed by atoms with Gasteiger partial charge in [0, 0.05) is 18.5 Å². The molecule has 18 heavy (non-hydrogen) atoms. The van der Waals surface area contributed by atoms with Crippen molar-refractivity contribution in [2.45, 2.75) is 19.4 Å². The molecule has 0 fully saturated rings. The fourth-order valence-electron chi connectivity index (χ4n) is 1.49. The maximum Gasteiger partial charge on any atom is 0.303 e. The van der Waals surface area contributed by atoms with Crippen molar-refractivity contribution in [2.75, 3.05) is 13.2 Å². The SMILES string of the molecule is N#CCOc1ccccc1CNCCCC(=O)O. The zero-order chi connectivity index (χ0) is 13.2. The number of carbonyl (C=O) groups is 1. The van der Waals surface area contributed by atoms with Gasteiger partial charge in [-0.2, -0.15) is 5.26 Å². The molecular formula is C13H16N2O3. The van der Waals surface area contributed by atoms with Crippen molar-refractivity contribution >= 4 is 5.97 Å². The molecule has 0 bridgehead atoms. The molecule has 0 saturated carbocycles. The lowest BCUT2D eigenvalue weighted by Gasteiger charge is -2.09. The van der Waals surface area contributed by atoms with E-state index in [2.05, 4.69) is 5.32 Å². The van der Waals surface area contributed by atoms with E-state index in [1.54, 1.807) is 0 Å². The second kappa shape index (κ2) is 8.09. The molecule has 0 aliphatic heterocycles. The van der Waals surface area contributed by atoms with Gasteiger partial charge in [-0.3, -0.25) is 4.79 Å². The van der Waals surface area contributed by atoms with Crippen LogP contribution in [0.1, 0.15) is 18.4 Å². The van der Waals surface area contributed by atoms with Crippen LogP contribution in [0, 0.1) is 11.3 Å². The fourth-order valence-corrected chi connectivity index (χ4v) is 1.49. The summed E-state index contributed by atoms with van der Waals surface area (Å²) in [4.78, 5) is 10.3. The quantitative estimate of drug-likeness (QED) is 0.682. The normalized spacial score (nSPS) is 9.72. The number of rotatable bonds is 8. The van der Waals surface area contributed by atoms with Gasteiger partial charge in [0.25, 0.3) is 0 Å². The molecule has 1 aromatic carbocycles. The molecule has 1 aromatic rings. The van der Waals surface area contributed by atoms with Crippen molar-refractivity contribution < 1.29 is 14.6 Å². The molecule has 5 nitrogen and oxygen atoms in total. The van der Waals surface area contributed by atoms with Crippen molar-refractivity contribution in [3.05, 3.63) is 29.8 Å². The summed E-state index contributed by atoms with van der Waals surface area (Å²) < 4.78 is 5.29. The number of hydrogen-bond acceptors (Lipinski definition) is 4. The smallest absolute Gasteiger partial charge is 0.303 e. The number of benzene rings is 1. The molecule has 5 heteroatoms. The summed E-state index contributed by atoms with van der Waals surface area (Å²) in [6.45, 7) is 1.26. The van der Waals surface area contributed by atoms with Gasteiger partial charge < -0.3 is 15.2 Å². The summed E-state index contributed by atoms with van der Waals surface area (Å²) in [5.41, 5.74) is 0.961. The van der Waals surface area contributed by atoms with E-state index in [0.29, 0.717) is 25.3 Å². The van der Waals surface area contributed by atoms with E-state index < -0.39 is 5.97 Å². The Bertz CT molecular complexity index is 426. The first-order valence-electron chi connectivity index (χ1n) is 5.74.